The van der Waals surface area contributed by atoms with Gasteiger partial charge in [-0.05, 0) is 37.0 Å². The van der Waals surface area contributed by atoms with Crippen LogP contribution in [0.1, 0.15) is 24.8 Å². The number of carbonyl (C=O) groups excluding carboxylic acids is 1. The number of aliphatic carboxylic acids is 1. The molecule has 21 heavy (non-hydrogen) atoms. The average molecular weight is 293 g/mol. The Morgan fingerprint density at radius 2 is 1.90 bits per heavy atom. The highest BCUT2D eigenvalue weighted by atomic mass is 16.5. The molecule has 1 aromatic carbocycles. The first-order valence-electron chi connectivity index (χ1n) is 6.76. The maximum absolute atomic E-state index is 11.8. The molecule has 114 valence electrons. The summed E-state index contributed by atoms with van der Waals surface area (Å²) in [6.07, 6.45) is 1.77. The van der Waals surface area contributed by atoms with Crippen molar-refractivity contribution in [2.75, 3.05) is 14.2 Å². The molecule has 1 saturated carbocycles. The van der Waals surface area contributed by atoms with Gasteiger partial charge in [0.05, 0.1) is 14.2 Å². The largest absolute Gasteiger partial charge is 0.493 e. The van der Waals surface area contributed by atoms with E-state index in [1.54, 1.807) is 20.3 Å². The van der Waals surface area contributed by atoms with Crippen LogP contribution in [0.15, 0.2) is 18.2 Å². The molecule has 0 aliphatic heterocycles. The van der Waals surface area contributed by atoms with E-state index in [9.17, 15) is 9.59 Å². The number of rotatable bonds is 7. The van der Waals surface area contributed by atoms with Crippen LogP contribution < -0.4 is 14.8 Å². The molecule has 0 spiro atoms. The monoisotopic (exact) mass is 293 g/mol. The highest BCUT2D eigenvalue weighted by molar-refractivity contribution is 5.89. The lowest BCUT2D eigenvalue weighted by molar-refractivity contribution is -0.143. The number of ether oxygens (including phenoxy) is 2. The van der Waals surface area contributed by atoms with Gasteiger partial charge in [0.2, 0.25) is 5.91 Å². The zero-order valence-corrected chi connectivity index (χ0v) is 12.1. The summed E-state index contributed by atoms with van der Waals surface area (Å²) in [4.78, 5) is 22.8. The van der Waals surface area contributed by atoms with E-state index in [0.717, 1.165) is 5.56 Å². The lowest BCUT2D eigenvalue weighted by atomic mass is 10.1. The maximum Gasteiger partial charge on any atom is 0.329 e. The normalized spacial score (nSPS) is 15.1. The van der Waals surface area contributed by atoms with Crippen molar-refractivity contribution < 1.29 is 24.2 Å². The van der Waals surface area contributed by atoms with E-state index in [4.69, 9.17) is 14.6 Å². The van der Waals surface area contributed by atoms with Gasteiger partial charge in [-0.15, -0.1) is 0 Å². The van der Waals surface area contributed by atoms with Crippen LogP contribution in [0, 0.1) is 0 Å². The number of methoxy groups -OCH3 is 2. The molecule has 6 nitrogen and oxygen atoms in total. The molecule has 0 radical (unpaired) electrons. The van der Waals surface area contributed by atoms with Crippen molar-refractivity contribution in [2.24, 2.45) is 0 Å². The van der Waals surface area contributed by atoms with E-state index in [-0.39, 0.29) is 12.3 Å². The summed E-state index contributed by atoms with van der Waals surface area (Å²) in [6.45, 7) is 0. The van der Waals surface area contributed by atoms with Gasteiger partial charge in [-0.25, -0.2) is 4.79 Å². The van der Waals surface area contributed by atoms with Gasteiger partial charge < -0.3 is 19.9 Å². The number of carbonyl (C=O) groups is 2. The molecule has 1 aliphatic rings. The van der Waals surface area contributed by atoms with E-state index in [2.05, 4.69) is 5.32 Å². The molecule has 0 aromatic heterocycles. The van der Waals surface area contributed by atoms with Crippen LogP contribution in [0.2, 0.25) is 0 Å². The van der Waals surface area contributed by atoms with Gasteiger partial charge in [0.15, 0.2) is 11.5 Å². The van der Waals surface area contributed by atoms with Gasteiger partial charge in [0.25, 0.3) is 0 Å². The van der Waals surface area contributed by atoms with Gasteiger partial charge in [-0.3, -0.25) is 4.79 Å². The molecule has 0 saturated heterocycles. The molecule has 1 aromatic rings. The number of nitrogens with one attached hydrogen (secondary N) is 1. The number of amides is 1. The first kappa shape index (κ1) is 15.2. The lowest BCUT2D eigenvalue weighted by Gasteiger charge is -2.13. The van der Waals surface area contributed by atoms with Gasteiger partial charge in [-0.1, -0.05) is 6.07 Å². The molecule has 0 unspecified atom stereocenters. The van der Waals surface area contributed by atoms with Crippen molar-refractivity contribution in [1.82, 2.24) is 5.32 Å². The van der Waals surface area contributed by atoms with Crippen molar-refractivity contribution in [2.45, 2.75) is 31.2 Å². The standard InChI is InChI=1S/C15H19NO5/c1-20-11-5-3-10(9-12(11)21-2)4-6-13(17)16-15(7-8-15)14(18)19/h3,5,9H,4,6-8H2,1-2H3,(H,16,17)(H,18,19). The molecule has 1 aliphatic carbocycles. The Balaban J connectivity index is 1.91. The topological polar surface area (TPSA) is 84.9 Å². The van der Waals surface area contributed by atoms with Crippen molar-refractivity contribution >= 4 is 11.9 Å². The molecule has 0 heterocycles. The van der Waals surface area contributed by atoms with Gasteiger partial charge in [0.1, 0.15) is 5.54 Å². The highest BCUT2D eigenvalue weighted by Gasteiger charge is 2.51. The molecule has 0 bridgehead atoms. The smallest absolute Gasteiger partial charge is 0.329 e. The van der Waals surface area contributed by atoms with Gasteiger partial charge in [0, 0.05) is 6.42 Å². The van der Waals surface area contributed by atoms with Crippen molar-refractivity contribution in [1.29, 1.82) is 0 Å². The summed E-state index contributed by atoms with van der Waals surface area (Å²) in [6, 6.07) is 5.46. The number of aryl methyl sites for hydroxylation is 1. The van der Waals surface area contributed by atoms with Gasteiger partial charge in [-0.2, -0.15) is 0 Å². The van der Waals surface area contributed by atoms with E-state index in [0.29, 0.717) is 30.8 Å². The third kappa shape index (κ3) is 3.45. The van der Waals surface area contributed by atoms with Crippen LogP contribution >= 0.6 is 0 Å². The second-order valence-electron chi connectivity index (χ2n) is 5.12. The molecule has 1 amide bonds. The molecule has 2 rings (SSSR count). The fraction of sp³-hybridized carbons (Fsp3) is 0.467. The van der Waals surface area contributed by atoms with E-state index >= 15 is 0 Å². The molecule has 0 atom stereocenters. The van der Waals surface area contributed by atoms with Crippen LogP contribution in [0.4, 0.5) is 0 Å². The fourth-order valence-electron chi connectivity index (χ4n) is 2.14. The summed E-state index contributed by atoms with van der Waals surface area (Å²) in [5.41, 5.74) is -0.0859. The third-order valence-electron chi connectivity index (χ3n) is 3.63. The number of hydrogen-bond donors (Lipinski definition) is 2. The average Bonchev–Trinajstić information content (AvgIpc) is 3.25. The second kappa shape index (κ2) is 6.03. The SMILES string of the molecule is COc1ccc(CCC(=O)NC2(C(=O)O)CC2)cc1OC. The minimum Gasteiger partial charge on any atom is -0.493 e. The first-order chi connectivity index (χ1) is 10.0. The summed E-state index contributed by atoms with van der Waals surface area (Å²) in [5, 5.41) is 11.6. The summed E-state index contributed by atoms with van der Waals surface area (Å²) < 4.78 is 10.4. The van der Waals surface area contributed by atoms with Crippen LogP contribution in [0.5, 0.6) is 11.5 Å². The number of benzene rings is 1. The lowest BCUT2D eigenvalue weighted by Crippen LogP contribution is -2.43. The van der Waals surface area contributed by atoms with Crippen LogP contribution in [-0.4, -0.2) is 36.7 Å². The third-order valence-corrected chi connectivity index (χ3v) is 3.63. The van der Waals surface area contributed by atoms with Crippen LogP contribution in [0.25, 0.3) is 0 Å². The Morgan fingerprint density at radius 1 is 1.24 bits per heavy atom. The van der Waals surface area contributed by atoms with Crippen molar-refractivity contribution in [3.05, 3.63) is 23.8 Å². The molecule has 6 heteroatoms. The highest BCUT2D eigenvalue weighted by Crippen LogP contribution is 2.35. The van der Waals surface area contributed by atoms with Crippen molar-refractivity contribution in [3.63, 3.8) is 0 Å². The predicted molar refractivity (Wildman–Crippen MR) is 75.6 cm³/mol. The van der Waals surface area contributed by atoms with Crippen LogP contribution in [0.3, 0.4) is 0 Å². The zero-order valence-electron chi connectivity index (χ0n) is 12.1. The van der Waals surface area contributed by atoms with Crippen molar-refractivity contribution in [3.8, 4) is 11.5 Å². The maximum atomic E-state index is 11.8. The summed E-state index contributed by atoms with van der Waals surface area (Å²) >= 11 is 0. The quantitative estimate of drug-likeness (QED) is 0.793. The van der Waals surface area contributed by atoms with E-state index < -0.39 is 11.5 Å². The van der Waals surface area contributed by atoms with Crippen LogP contribution in [-0.2, 0) is 16.0 Å². The zero-order chi connectivity index (χ0) is 15.5. The summed E-state index contributed by atoms with van der Waals surface area (Å²) in [7, 11) is 3.12. The Kier molecular flexibility index (Phi) is 4.35. The molecule has 1 fully saturated rings. The van der Waals surface area contributed by atoms with Gasteiger partial charge >= 0.3 is 5.97 Å². The second-order valence-corrected chi connectivity index (χ2v) is 5.12. The number of carboxylic acids is 1. The predicted octanol–water partition coefficient (Wildman–Crippen LogP) is 1.37. The molecule has 2 N–H and O–H groups in total. The van der Waals surface area contributed by atoms with E-state index in [1.807, 2.05) is 12.1 Å². The number of carboxylic acid groups (broad SMARTS) is 1. The summed E-state index contributed by atoms with van der Waals surface area (Å²) in [5.74, 6) is 0.0415. The fourth-order valence-corrected chi connectivity index (χ4v) is 2.14. The minimum atomic E-state index is -1.02. The first-order valence-corrected chi connectivity index (χ1v) is 6.76. The Bertz CT molecular complexity index is 551. The Hall–Kier alpha value is -2.24. The number of hydrogen-bond acceptors (Lipinski definition) is 4. The Morgan fingerprint density at radius 3 is 2.43 bits per heavy atom. The minimum absolute atomic E-state index is 0.241. The Labute approximate surface area is 123 Å². The molecular weight excluding hydrogens is 274 g/mol. The molecular formula is C15H19NO5. The van der Waals surface area contributed by atoms with E-state index in [1.165, 1.54) is 0 Å².